The topological polar surface area (TPSA) is 76.5 Å². The van der Waals surface area contributed by atoms with E-state index in [1.54, 1.807) is 12.1 Å². The van der Waals surface area contributed by atoms with Gasteiger partial charge < -0.3 is 10.6 Å². The lowest BCUT2D eigenvalue weighted by molar-refractivity contribution is 0.500. The van der Waals surface area contributed by atoms with Crippen molar-refractivity contribution in [3.8, 4) is 0 Å². The molecule has 1 aliphatic rings. The van der Waals surface area contributed by atoms with E-state index in [-0.39, 0.29) is 11.7 Å². The van der Waals surface area contributed by atoms with E-state index in [0.29, 0.717) is 18.0 Å². The fourth-order valence-corrected chi connectivity index (χ4v) is 2.50. The van der Waals surface area contributed by atoms with E-state index < -0.39 is 11.4 Å². The van der Waals surface area contributed by atoms with Crippen LogP contribution in [-0.2, 0) is 0 Å². The summed E-state index contributed by atoms with van der Waals surface area (Å²) in [4.78, 5) is 17.9. The second-order valence-electron chi connectivity index (χ2n) is 5.13. The van der Waals surface area contributed by atoms with Crippen LogP contribution in [-0.4, -0.2) is 33.7 Å². The molecule has 1 aliphatic heterocycles. The summed E-state index contributed by atoms with van der Waals surface area (Å²) in [6.07, 6.45) is 1.97. The summed E-state index contributed by atoms with van der Waals surface area (Å²) in [5.74, 6) is -0.234. The second-order valence-corrected chi connectivity index (χ2v) is 5.13. The summed E-state index contributed by atoms with van der Waals surface area (Å²) in [5, 5.41) is 4.21. The maximum atomic E-state index is 13.6. The van der Waals surface area contributed by atoms with Gasteiger partial charge >= 0.3 is 5.56 Å². The van der Waals surface area contributed by atoms with E-state index in [2.05, 4.69) is 10.1 Å². The Balaban J connectivity index is 2.08. The molecule has 1 atom stereocenters. The van der Waals surface area contributed by atoms with Crippen molar-refractivity contribution >= 4 is 11.5 Å². The van der Waals surface area contributed by atoms with Crippen LogP contribution in [0.3, 0.4) is 0 Å². The number of rotatable bonds is 1. The number of aryl methyl sites for hydroxylation is 1. The van der Waals surface area contributed by atoms with Gasteiger partial charge in [-0.1, -0.05) is 0 Å². The Bertz CT molecular complexity index is 714. The average molecular weight is 277 g/mol. The molecule has 0 radical (unpaired) electrons. The van der Waals surface area contributed by atoms with Gasteiger partial charge in [0, 0.05) is 19.1 Å². The van der Waals surface area contributed by atoms with Crippen molar-refractivity contribution in [1.82, 2.24) is 14.6 Å². The van der Waals surface area contributed by atoms with Gasteiger partial charge in [-0.05, 0) is 31.9 Å². The van der Waals surface area contributed by atoms with Crippen molar-refractivity contribution in [1.29, 1.82) is 0 Å². The third-order valence-electron chi connectivity index (χ3n) is 3.56. The molecule has 6 nitrogen and oxygen atoms in total. The van der Waals surface area contributed by atoms with Crippen LogP contribution in [0.2, 0.25) is 0 Å². The first-order valence-electron chi connectivity index (χ1n) is 6.63. The number of fused-ring (bicyclic) bond motifs is 1. The maximum Gasteiger partial charge on any atom is 0.310 e. The molecule has 0 amide bonds. The van der Waals surface area contributed by atoms with Gasteiger partial charge in [0.15, 0.2) is 5.65 Å². The number of halogens is 1. The molecule has 0 aliphatic carbocycles. The Morgan fingerprint density at radius 2 is 2.25 bits per heavy atom. The van der Waals surface area contributed by atoms with E-state index in [9.17, 15) is 9.18 Å². The first kappa shape index (κ1) is 13.0. The summed E-state index contributed by atoms with van der Waals surface area (Å²) in [5.41, 5.74) is 5.60. The van der Waals surface area contributed by atoms with Crippen LogP contribution in [0, 0.1) is 12.7 Å². The van der Waals surface area contributed by atoms with Crippen LogP contribution in [0.1, 0.15) is 18.5 Å². The average Bonchev–Trinajstić information content (AvgIpc) is 2.45. The number of piperidine rings is 1. The molecule has 2 aromatic heterocycles. The van der Waals surface area contributed by atoms with Crippen LogP contribution >= 0.6 is 0 Å². The van der Waals surface area contributed by atoms with Gasteiger partial charge in [-0.25, -0.2) is 4.98 Å². The van der Waals surface area contributed by atoms with Gasteiger partial charge in [-0.15, -0.1) is 5.10 Å². The molecule has 2 N–H and O–H groups in total. The molecule has 7 heteroatoms. The van der Waals surface area contributed by atoms with E-state index >= 15 is 0 Å². The quantitative estimate of drug-likeness (QED) is 0.819. The number of nitrogens with two attached hydrogens (primary N) is 1. The lowest BCUT2D eigenvalue weighted by Gasteiger charge is -2.31. The summed E-state index contributed by atoms with van der Waals surface area (Å²) >= 11 is 0. The molecule has 106 valence electrons. The molecule has 3 heterocycles. The summed E-state index contributed by atoms with van der Waals surface area (Å²) < 4.78 is 14.6. The highest BCUT2D eigenvalue weighted by atomic mass is 19.1. The zero-order chi connectivity index (χ0) is 14.3. The SMILES string of the molecule is Cc1nc2ccc(N3CCC[C@@H](N)C3)nn2c(=O)c1F. The van der Waals surface area contributed by atoms with E-state index in [1.807, 2.05) is 4.90 Å². The van der Waals surface area contributed by atoms with Gasteiger partial charge in [0.25, 0.3) is 0 Å². The standard InChI is InChI=1S/C13H16FN5O/c1-8-12(14)13(20)19-10(16-8)4-5-11(17-19)18-6-2-3-9(15)7-18/h4-5,9H,2-3,6-7,15H2,1H3/t9-/m1/s1. The Morgan fingerprint density at radius 1 is 1.45 bits per heavy atom. The van der Waals surface area contributed by atoms with Crippen molar-refractivity contribution in [3.63, 3.8) is 0 Å². The lowest BCUT2D eigenvalue weighted by atomic mass is 10.1. The van der Waals surface area contributed by atoms with Crippen LogP contribution in [0.4, 0.5) is 10.2 Å². The minimum atomic E-state index is -0.859. The molecule has 0 saturated carbocycles. The van der Waals surface area contributed by atoms with Gasteiger partial charge in [0.2, 0.25) is 5.82 Å². The highest BCUT2D eigenvalue weighted by molar-refractivity contribution is 5.46. The van der Waals surface area contributed by atoms with Crippen molar-refractivity contribution in [3.05, 3.63) is 34.0 Å². The van der Waals surface area contributed by atoms with Crippen LogP contribution < -0.4 is 16.2 Å². The molecule has 0 unspecified atom stereocenters. The lowest BCUT2D eigenvalue weighted by Crippen LogP contribution is -2.43. The molecule has 3 rings (SSSR count). The molecule has 0 spiro atoms. The Hall–Kier alpha value is -2.02. The summed E-state index contributed by atoms with van der Waals surface area (Å²) in [7, 11) is 0. The van der Waals surface area contributed by atoms with Crippen LogP contribution in [0.25, 0.3) is 5.65 Å². The highest BCUT2D eigenvalue weighted by Crippen LogP contribution is 2.17. The van der Waals surface area contributed by atoms with Gasteiger partial charge in [0.05, 0.1) is 5.69 Å². The summed E-state index contributed by atoms with van der Waals surface area (Å²) in [6, 6.07) is 3.57. The third kappa shape index (κ3) is 2.14. The minimum absolute atomic E-state index is 0.0875. The molecule has 1 fully saturated rings. The minimum Gasteiger partial charge on any atom is -0.354 e. The number of anilines is 1. The fourth-order valence-electron chi connectivity index (χ4n) is 2.50. The zero-order valence-corrected chi connectivity index (χ0v) is 11.2. The Kier molecular flexibility index (Phi) is 3.13. The van der Waals surface area contributed by atoms with Gasteiger partial charge in [0.1, 0.15) is 5.82 Å². The van der Waals surface area contributed by atoms with Gasteiger partial charge in [-0.3, -0.25) is 4.79 Å². The number of hydrogen-bond donors (Lipinski definition) is 1. The molecular formula is C13H16FN5O. The monoisotopic (exact) mass is 277 g/mol. The number of nitrogens with zero attached hydrogens (tertiary/aromatic N) is 4. The largest absolute Gasteiger partial charge is 0.354 e. The van der Waals surface area contributed by atoms with Crippen LogP contribution in [0.5, 0.6) is 0 Å². The molecule has 0 aromatic carbocycles. The Labute approximate surface area is 115 Å². The maximum absolute atomic E-state index is 13.6. The summed E-state index contributed by atoms with van der Waals surface area (Å²) in [6.45, 7) is 2.99. The van der Waals surface area contributed by atoms with E-state index in [0.717, 1.165) is 23.9 Å². The zero-order valence-electron chi connectivity index (χ0n) is 11.2. The third-order valence-corrected chi connectivity index (χ3v) is 3.56. The normalized spacial score (nSPS) is 19.6. The predicted molar refractivity (Wildman–Crippen MR) is 73.4 cm³/mol. The molecule has 1 saturated heterocycles. The molecular weight excluding hydrogens is 261 g/mol. The molecule has 2 aromatic rings. The van der Waals surface area contributed by atoms with Crippen LogP contribution in [0.15, 0.2) is 16.9 Å². The fraction of sp³-hybridized carbons (Fsp3) is 0.462. The second kappa shape index (κ2) is 4.82. The molecule has 0 bridgehead atoms. The molecule has 20 heavy (non-hydrogen) atoms. The van der Waals surface area contributed by atoms with E-state index in [1.165, 1.54) is 6.92 Å². The van der Waals surface area contributed by atoms with Crippen molar-refractivity contribution in [2.24, 2.45) is 5.73 Å². The van der Waals surface area contributed by atoms with Gasteiger partial charge in [-0.2, -0.15) is 8.91 Å². The predicted octanol–water partition coefficient (Wildman–Crippen LogP) is 0.465. The van der Waals surface area contributed by atoms with Crippen molar-refractivity contribution in [2.75, 3.05) is 18.0 Å². The smallest absolute Gasteiger partial charge is 0.310 e. The van der Waals surface area contributed by atoms with E-state index in [4.69, 9.17) is 5.73 Å². The highest BCUT2D eigenvalue weighted by Gasteiger charge is 2.19. The van der Waals surface area contributed by atoms with Crippen molar-refractivity contribution < 1.29 is 4.39 Å². The Morgan fingerprint density at radius 3 is 3.00 bits per heavy atom. The first-order chi connectivity index (χ1) is 9.56. The first-order valence-corrected chi connectivity index (χ1v) is 6.63. The number of hydrogen-bond acceptors (Lipinski definition) is 5. The number of aromatic nitrogens is 3. The van der Waals surface area contributed by atoms with Crippen molar-refractivity contribution in [2.45, 2.75) is 25.8 Å².